The summed E-state index contributed by atoms with van der Waals surface area (Å²) in [4.78, 5) is 3.73. The van der Waals surface area contributed by atoms with Gasteiger partial charge in [0.25, 0.3) is 0 Å². The van der Waals surface area contributed by atoms with Gasteiger partial charge in [0.15, 0.2) is 0 Å². The van der Waals surface area contributed by atoms with Crippen LogP contribution in [0.2, 0.25) is 0 Å². The van der Waals surface area contributed by atoms with E-state index in [-0.39, 0.29) is 6.54 Å². The Morgan fingerprint density at radius 3 is 2.91 bits per heavy atom. The van der Waals surface area contributed by atoms with Crippen LogP contribution in [0, 0.1) is 0 Å². The third-order valence-corrected chi connectivity index (χ3v) is 1.64. The second kappa shape index (κ2) is 3.02. The van der Waals surface area contributed by atoms with E-state index in [1.807, 2.05) is 0 Å². The lowest BCUT2D eigenvalue weighted by molar-refractivity contribution is 0.485. The van der Waals surface area contributed by atoms with Gasteiger partial charge < -0.3 is 4.42 Å². The maximum absolute atomic E-state index is 10.5. The largest absolute Gasteiger partial charge is 0.448 e. The lowest BCUT2D eigenvalue weighted by atomic mass is 10.7. The molecule has 11 heavy (non-hydrogen) atoms. The molecule has 0 bridgehead atoms. The van der Waals surface area contributed by atoms with Gasteiger partial charge in [-0.05, 0) is 0 Å². The molecule has 1 rings (SSSR count). The summed E-state index contributed by atoms with van der Waals surface area (Å²) in [5, 5.41) is 0. The molecule has 0 aliphatic heterocycles. The van der Waals surface area contributed by atoms with Gasteiger partial charge in [0.2, 0.25) is 15.9 Å². The lowest BCUT2D eigenvalue weighted by Crippen LogP contribution is -2.21. The first-order valence-corrected chi connectivity index (χ1v) is 4.80. The molecule has 0 fully saturated rings. The first-order chi connectivity index (χ1) is 5.08. The number of nitrogens with zero attached hydrogens (tertiary/aromatic N) is 1. The molecule has 0 atom stereocenters. The third-order valence-electron chi connectivity index (χ3n) is 0.969. The summed E-state index contributed by atoms with van der Waals surface area (Å²) in [6, 6.07) is 0. The van der Waals surface area contributed by atoms with Crippen molar-refractivity contribution in [2.45, 2.75) is 6.54 Å². The van der Waals surface area contributed by atoms with Gasteiger partial charge >= 0.3 is 0 Å². The zero-order valence-electron chi connectivity index (χ0n) is 5.94. The van der Waals surface area contributed by atoms with Gasteiger partial charge in [-0.3, -0.25) is 0 Å². The van der Waals surface area contributed by atoms with Crippen LogP contribution in [-0.2, 0) is 16.6 Å². The Bertz CT molecular complexity index is 302. The molecular formula is C5H8N2O3S. The Kier molecular flexibility index (Phi) is 2.25. The Hall–Kier alpha value is -0.880. The first kappa shape index (κ1) is 8.22. The molecule has 1 heterocycles. The average Bonchev–Trinajstić information content (AvgIpc) is 2.32. The van der Waals surface area contributed by atoms with E-state index in [0.29, 0.717) is 5.89 Å². The van der Waals surface area contributed by atoms with Gasteiger partial charge in [-0.2, -0.15) is 0 Å². The summed E-state index contributed by atoms with van der Waals surface area (Å²) in [5.74, 6) is 0.357. The molecule has 1 N–H and O–H groups in total. The minimum absolute atomic E-state index is 0.103. The normalized spacial score (nSPS) is 11.7. The maximum Gasteiger partial charge on any atom is 0.209 e. The van der Waals surface area contributed by atoms with E-state index in [2.05, 4.69) is 9.71 Å². The molecule has 0 amide bonds. The van der Waals surface area contributed by atoms with Crippen molar-refractivity contribution < 1.29 is 12.8 Å². The maximum atomic E-state index is 10.5. The fourth-order valence-electron chi connectivity index (χ4n) is 0.533. The molecule has 0 saturated carbocycles. The molecule has 6 heteroatoms. The molecule has 1 aromatic rings. The number of aromatic nitrogens is 1. The second-order valence-corrected chi connectivity index (χ2v) is 3.85. The van der Waals surface area contributed by atoms with Gasteiger partial charge in [-0.25, -0.2) is 18.1 Å². The first-order valence-electron chi connectivity index (χ1n) is 2.91. The van der Waals surface area contributed by atoms with Crippen LogP contribution in [-0.4, -0.2) is 19.7 Å². The summed E-state index contributed by atoms with van der Waals surface area (Å²) >= 11 is 0. The van der Waals surface area contributed by atoms with Crippen molar-refractivity contribution in [2.75, 3.05) is 6.26 Å². The SMILES string of the molecule is CS(=O)(=O)NCc1ncco1. The van der Waals surface area contributed by atoms with E-state index in [1.165, 1.54) is 12.5 Å². The van der Waals surface area contributed by atoms with Crippen LogP contribution in [0.25, 0.3) is 0 Å². The average molecular weight is 176 g/mol. The zero-order valence-corrected chi connectivity index (χ0v) is 6.76. The molecule has 0 aliphatic rings. The number of sulfonamides is 1. The monoisotopic (exact) mass is 176 g/mol. The number of rotatable bonds is 3. The van der Waals surface area contributed by atoms with Crippen LogP contribution >= 0.6 is 0 Å². The molecule has 0 aromatic carbocycles. The minimum atomic E-state index is -3.15. The van der Waals surface area contributed by atoms with E-state index in [9.17, 15) is 8.42 Å². The standard InChI is InChI=1S/C5H8N2O3S/c1-11(8,9)7-4-5-6-2-3-10-5/h2-3,7H,4H2,1H3. The van der Waals surface area contributed by atoms with Crippen molar-refractivity contribution in [3.8, 4) is 0 Å². The summed E-state index contributed by atoms with van der Waals surface area (Å²) in [6.07, 6.45) is 3.93. The van der Waals surface area contributed by atoms with Crippen molar-refractivity contribution in [1.82, 2.24) is 9.71 Å². The highest BCUT2D eigenvalue weighted by atomic mass is 32.2. The highest BCUT2D eigenvalue weighted by molar-refractivity contribution is 7.88. The van der Waals surface area contributed by atoms with E-state index in [0.717, 1.165) is 6.26 Å². The van der Waals surface area contributed by atoms with Crippen LogP contribution in [0.5, 0.6) is 0 Å². The molecule has 0 spiro atoms. The number of oxazole rings is 1. The Morgan fingerprint density at radius 2 is 2.45 bits per heavy atom. The van der Waals surface area contributed by atoms with E-state index < -0.39 is 10.0 Å². The third kappa shape index (κ3) is 3.15. The van der Waals surface area contributed by atoms with Gasteiger partial charge in [0, 0.05) is 0 Å². The highest BCUT2D eigenvalue weighted by Gasteiger charge is 2.02. The molecule has 0 aliphatic carbocycles. The molecule has 0 saturated heterocycles. The lowest BCUT2D eigenvalue weighted by Gasteiger charge is -1.95. The van der Waals surface area contributed by atoms with Crippen LogP contribution in [0.3, 0.4) is 0 Å². The number of hydrogen-bond acceptors (Lipinski definition) is 4. The number of nitrogens with one attached hydrogen (secondary N) is 1. The predicted molar refractivity (Wildman–Crippen MR) is 38.2 cm³/mol. The van der Waals surface area contributed by atoms with E-state index in [1.54, 1.807) is 0 Å². The van der Waals surface area contributed by atoms with Gasteiger partial charge in [0.05, 0.1) is 19.0 Å². The van der Waals surface area contributed by atoms with Gasteiger partial charge in [0.1, 0.15) is 6.26 Å². The smallest absolute Gasteiger partial charge is 0.209 e. The van der Waals surface area contributed by atoms with E-state index >= 15 is 0 Å². The van der Waals surface area contributed by atoms with Gasteiger partial charge in [-0.15, -0.1) is 0 Å². The second-order valence-electron chi connectivity index (χ2n) is 2.02. The molecule has 5 nitrogen and oxygen atoms in total. The molecule has 62 valence electrons. The topological polar surface area (TPSA) is 72.2 Å². The Morgan fingerprint density at radius 1 is 1.73 bits per heavy atom. The van der Waals surface area contributed by atoms with Crippen molar-refractivity contribution in [3.05, 3.63) is 18.4 Å². The van der Waals surface area contributed by atoms with Gasteiger partial charge in [-0.1, -0.05) is 0 Å². The molecule has 1 aromatic heterocycles. The van der Waals surface area contributed by atoms with Crippen LogP contribution in [0.15, 0.2) is 16.9 Å². The van der Waals surface area contributed by atoms with E-state index in [4.69, 9.17) is 4.42 Å². The Balaban J connectivity index is 2.48. The fourth-order valence-corrected chi connectivity index (χ4v) is 0.919. The van der Waals surface area contributed by atoms with Crippen molar-refractivity contribution in [1.29, 1.82) is 0 Å². The zero-order chi connectivity index (χ0) is 8.32. The minimum Gasteiger partial charge on any atom is -0.448 e. The number of hydrogen-bond donors (Lipinski definition) is 1. The summed E-state index contributed by atoms with van der Waals surface area (Å²) in [5.41, 5.74) is 0. The highest BCUT2D eigenvalue weighted by Crippen LogP contribution is 1.93. The molecular weight excluding hydrogens is 168 g/mol. The predicted octanol–water partition coefficient (Wildman–Crippen LogP) is -0.276. The molecule has 0 unspecified atom stereocenters. The van der Waals surface area contributed by atoms with Crippen molar-refractivity contribution in [2.24, 2.45) is 0 Å². The quantitative estimate of drug-likeness (QED) is 0.687. The summed E-state index contributed by atoms with van der Waals surface area (Å²) in [6.45, 7) is 0.103. The van der Waals surface area contributed by atoms with Crippen molar-refractivity contribution in [3.63, 3.8) is 0 Å². The summed E-state index contributed by atoms with van der Waals surface area (Å²) in [7, 11) is -3.15. The fraction of sp³-hybridized carbons (Fsp3) is 0.400. The summed E-state index contributed by atoms with van der Waals surface area (Å²) < 4.78 is 28.1. The van der Waals surface area contributed by atoms with Crippen LogP contribution in [0.4, 0.5) is 0 Å². The van der Waals surface area contributed by atoms with Crippen LogP contribution < -0.4 is 4.72 Å². The Labute approximate surface area is 64.5 Å². The van der Waals surface area contributed by atoms with Crippen LogP contribution in [0.1, 0.15) is 5.89 Å². The van der Waals surface area contributed by atoms with Crippen molar-refractivity contribution >= 4 is 10.0 Å². The molecule has 0 radical (unpaired) electrons.